The standard InChI is InChI=1S/C25H51N3O3/c1-9-10-23(17-21(6)7)31-25(30)27-12-14-28(8)13-11-26-24(29)18-22(15-19(2)3)16-20(4)5/h19-23H,9-18H2,1-8H3,(H,26,29)(H,27,30). The number of hydrogen-bond donors (Lipinski definition) is 2. The summed E-state index contributed by atoms with van der Waals surface area (Å²) in [7, 11) is 2.00. The van der Waals surface area contributed by atoms with Crippen molar-refractivity contribution in [1.82, 2.24) is 15.5 Å². The molecular formula is C25H51N3O3. The zero-order chi connectivity index (χ0) is 23.8. The van der Waals surface area contributed by atoms with Crippen LogP contribution in [-0.2, 0) is 9.53 Å². The molecule has 184 valence electrons. The lowest BCUT2D eigenvalue weighted by Crippen LogP contribution is -2.38. The van der Waals surface area contributed by atoms with E-state index in [9.17, 15) is 9.59 Å². The van der Waals surface area contributed by atoms with Crippen molar-refractivity contribution in [3.8, 4) is 0 Å². The Bertz CT molecular complexity index is 471. The molecule has 0 saturated heterocycles. The Hall–Kier alpha value is -1.30. The summed E-state index contributed by atoms with van der Waals surface area (Å²) in [5.74, 6) is 2.35. The van der Waals surface area contributed by atoms with Gasteiger partial charge in [0, 0.05) is 32.6 Å². The van der Waals surface area contributed by atoms with Gasteiger partial charge in [0.25, 0.3) is 0 Å². The first-order valence-electron chi connectivity index (χ1n) is 12.4. The predicted octanol–water partition coefficient (Wildman–Crippen LogP) is 5.07. The van der Waals surface area contributed by atoms with Crippen LogP contribution in [0.15, 0.2) is 0 Å². The van der Waals surface area contributed by atoms with Gasteiger partial charge in [0.2, 0.25) is 5.91 Å². The quantitative estimate of drug-likeness (QED) is 0.330. The molecule has 0 radical (unpaired) electrons. The van der Waals surface area contributed by atoms with E-state index < -0.39 is 0 Å². The van der Waals surface area contributed by atoms with Gasteiger partial charge >= 0.3 is 6.09 Å². The van der Waals surface area contributed by atoms with Gasteiger partial charge in [-0.3, -0.25) is 4.79 Å². The van der Waals surface area contributed by atoms with Crippen molar-refractivity contribution >= 4 is 12.0 Å². The van der Waals surface area contributed by atoms with Gasteiger partial charge in [0.05, 0.1) is 0 Å². The third-order valence-corrected chi connectivity index (χ3v) is 5.28. The molecule has 6 heteroatoms. The Kier molecular flexibility index (Phi) is 16.6. The molecule has 2 amide bonds. The van der Waals surface area contributed by atoms with Gasteiger partial charge in [-0.15, -0.1) is 0 Å². The van der Waals surface area contributed by atoms with Gasteiger partial charge in [-0.25, -0.2) is 4.79 Å². The van der Waals surface area contributed by atoms with Crippen molar-refractivity contribution in [2.24, 2.45) is 23.7 Å². The highest BCUT2D eigenvalue weighted by Crippen LogP contribution is 2.23. The summed E-state index contributed by atoms with van der Waals surface area (Å²) < 4.78 is 5.56. The van der Waals surface area contributed by atoms with E-state index in [2.05, 4.69) is 64.0 Å². The number of nitrogens with zero attached hydrogens (tertiary/aromatic N) is 1. The van der Waals surface area contributed by atoms with Gasteiger partial charge in [0.1, 0.15) is 6.10 Å². The normalized spacial score (nSPS) is 12.8. The Balaban J connectivity index is 4.08. The molecule has 0 heterocycles. The number of hydrogen-bond acceptors (Lipinski definition) is 4. The fourth-order valence-electron chi connectivity index (χ4n) is 4.04. The van der Waals surface area contributed by atoms with Crippen molar-refractivity contribution in [2.75, 3.05) is 33.2 Å². The molecule has 0 saturated carbocycles. The fourth-order valence-corrected chi connectivity index (χ4v) is 4.04. The van der Waals surface area contributed by atoms with E-state index in [1.165, 1.54) is 0 Å². The molecule has 0 aliphatic carbocycles. The average molecular weight is 442 g/mol. The maximum absolute atomic E-state index is 12.3. The van der Waals surface area contributed by atoms with Crippen LogP contribution in [0.25, 0.3) is 0 Å². The molecule has 0 bridgehead atoms. The minimum absolute atomic E-state index is 0.00633. The number of carbonyl (C=O) groups is 2. The molecule has 0 spiro atoms. The first-order valence-corrected chi connectivity index (χ1v) is 12.4. The zero-order valence-electron chi connectivity index (χ0n) is 21.6. The maximum Gasteiger partial charge on any atom is 0.407 e. The van der Waals surface area contributed by atoms with Crippen LogP contribution in [0.3, 0.4) is 0 Å². The fraction of sp³-hybridized carbons (Fsp3) is 0.920. The highest BCUT2D eigenvalue weighted by Gasteiger charge is 2.17. The number of rotatable bonds is 17. The minimum Gasteiger partial charge on any atom is -0.446 e. The topological polar surface area (TPSA) is 70.7 Å². The lowest BCUT2D eigenvalue weighted by molar-refractivity contribution is -0.122. The molecule has 0 aliphatic heterocycles. The number of carbonyl (C=O) groups excluding carboxylic acids is 2. The lowest BCUT2D eigenvalue weighted by Gasteiger charge is -2.22. The van der Waals surface area contributed by atoms with Crippen LogP contribution in [0.5, 0.6) is 0 Å². The summed E-state index contributed by atoms with van der Waals surface area (Å²) in [5.41, 5.74) is 0. The Labute approximate surface area is 192 Å². The van der Waals surface area contributed by atoms with E-state index in [1.54, 1.807) is 0 Å². The summed E-state index contributed by atoms with van der Waals surface area (Å²) in [5, 5.41) is 5.90. The summed E-state index contributed by atoms with van der Waals surface area (Å²) in [6, 6.07) is 0. The molecule has 1 unspecified atom stereocenters. The minimum atomic E-state index is -0.331. The Morgan fingerprint density at radius 3 is 1.84 bits per heavy atom. The van der Waals surface area contributed by atoms with E-state index in [4.69, 9.17) is 4.74 Å². The SMILES string of the molecule is CCCC(CC(C)C)OC(=O)NCCN(C)CCNC(=O)CC(CC(C)C)CC(C)C. The molecule has 1 atom stereocenters. The maximum atomic E-state index is 12.3. The molecule has 2 N–H and O–H groups in total. The van der Waals surface area contributed by atoms with Gasteiger partial charge < -0.3 is 20.3 Å². The van der Waals surface area contributed by atoms with Crippen molar-refractivity contribution in [2.45, 2.75) is 93.1 Å². The molecule has 0 aliphatic rings. The van der Waals surface area contributed by atoms with Crippen LogP contribution in [0, 0.1) is 23.7 Å². The number of amides is 2. The molecular weight excluding hydrogens is 390 g/mol. The number of ether oxygens (including phenoxy) is 1. The molecule has 31 heavy (non-hydrogen) atoms. The van der Waals surface area contributed by atoms with Crippen molar-refractivity contribution in [1.29, 1.82) is 0 Å². The Morgan fingerprint density at radius 2 is 1.35 bits per heavy atom. The first kappa shape index (κ1) is 29.7. The van der Waals surface area contributed by atoms with Crippen molar-refractivity contribution in [3.05, 3.63) is 0 Å². The highest BCUT2D eigenvalue weighted by atomic mass is 16.6. The van der Waals surface area contributed by atoms with Crippen LogP contribution < -0.4 is 10.6 Å². The van der Waals surface area contributed by atoms with Gasteiger partial charge in [-0.2, -0.15) is 0 Å². The largest absolute Gasteiger partial charge is 0.446 e. The first-order chi connectivity index (χ1) is 14.5. The molecule has 0 aromatic rings. The van der Waals surface area contributed by atoms with Gasteiger partial charge in [-0.1, -0.05) is 54.9 Å². The molecule has 0 rings (SSSR count). The molecule has 0 aromatic carbocycles. The third-order valence-electron chi connectivity index (χ3n) is 5.28. The van der Waals surface area contributed by atoms with E-state index in [-0.39, 0.29) is 18.1 Å². The second-order valence-electron chi connectivity index (χ2n) is 10.4. The van der Waals surface area contributed by atoms with E-state index >= 15 is 0 Å². The number of nitrogens with one attached hydrogen (secondary N) is 2. The van der Waals surface area contributed by atoms with Crippen LogP contribution in [0.4, 0.5) is 4.79 Å². The third kappa shape index (κ3) is 18.0. The number of likely N-dealkylation sites (N-methyl/N-ethyl adjacent to an activating group) is 1. The van der Waals surface area contributed by atoms with Crippen LogP contribution in [0.1, 0.15) is 87.0 Å². The van der Waals surface area contributed by atoms with Gasteiger partial charge in [-0.05, 0) is 56.4 Å². The van der Waals surface area contributed by atoms with Crippen LogP contribution >= 0.6 is 0 Å². The number of alkyl carbamates (subject to hydrolysis) is 1. The van der Waals surface area contributed by atoms with Crippen molar-refractivity contribution < 1.29 is 14.3 Å². The summed E-state index contributed by atoms with van der Waals surface area (Å²) in [6.07, 6.45) is 5.29. The zero-order valence-corrected chi connectivity index (χ0v) is 21.6. The predicted molar refractivity (Wildman–Crippen MR) is 130 cm³/mol. The highest BCUT2D eigenvalue weighted by molar-refractivity contribution is 5.76. The second kappa shape index (κ2) is 17.3. The van der Waals surface area contributed by atoms with E-state index in [0.717, 1.165) is 45.2 Å². The average Bonchev–Trinajstić information content (AvgIpc) is 2.60. The summed E-state index contributed by atoms with van der Waals surface area (Å²) >= 11 is 0. The second-order valence-corrected chi connectivity index (χ2v) is 10.4. The summed E-state index contributed by atoms with van der Waals surface area (Å²) in [4.78, 5) is 26.5. The molecule has 6 nitrogen and oxygen atoms in total. The van der Waals surface area contributed by atoms with Crippen molar-refractivity contribution in [3.63, 3.8) is 0 Å². The summed E-state index contributed by atoms with van der Waals surface area (Å²) in [6.45, 7) is 17.9. The van der Waals surface area contributed by atoms with Crippen LogP contribution in [0.2, 0.25) is 0 Å². The molecule has 0 fully saturated rings. The van der Waals surface area contributed by atoms with Gasteiger partial charge in [0.15, 0.2) is 0 Å². The van der Waals surface area contributed by atoms with E-state index in [1.807, 2.05) is 7.05 Å². The Morgan fingerprint density at radius 1 is 0.839 bits per heavy atom. The molecule has 0 aromatic heterocycles. The monoisotopic (exact) mass is 441 g/mol. The smallest absolute Gasteiger partial charge is 0.407 e. The lowest BCUT2D eigenvalue weighted by atomic mass is 9.87. The van der Waals surface area contributed by atoms with E-state index in [0.29, 0.717) is 43.2 Å². The van der Waals surface area contributed by atoms with Crippen LogP contribution in [-0.4, -0.2) is 56.2 Å².